The van der Waals surface area contributed by atoms with Gasteiger partial charge in [-0.05, 0) is 0 Å². The molecule has 2 N–H and O–H groups in total. The van der Waals surface area contributed by atoms with E-state index in [9.17, 15) is 4.57 Å². The molecule has 1 rings (SSSR count). The first-order valence-electron chi connectivity index (χ1n) is 2.22. The molecule has 0 saturated carbocycles. The van der Waals surface area contributed by atoms with Crippen molar-refractivity contribution in [1.29, 1.82) is 0 Å². The van der Waals surface area contributed by atoms with Gasteiger partial charge in [-0.3, -0.25) is 5.50 Å². The van der Waals surface area contributed by atoms with Gasteiger partial charge in [0.2, 0.25) is 0 Å². The SMILES string of the molecule is NP1(=O)CC=CC1. The molecule has 0 aliphatic carbocycles. The zero-order chi connectivity index (χ0) is 5.33. The van der Waals surface area contributed by atoms with Gasteiger partial charge in [0.15, 0.2) is 7.29 Å². The molecule has 0 amide bonds. The third-order valence-electron chi connectivity index (χ3n) is 0.996. The van der Waals surface area contributed by atoms with Crippen molar-refractivity contribution in [2.45, 2.75) is 0 Å². The Morgan fingerprint density at radius 3 is 2.00 bits per heavy atom. The summed E-state index contributed by atoms with van der Waals surface area (Å²) in [5.74, 6) is 0. The lowest BCUT2D eigenvalue weighted by atomic mass is 10.6. The zero-order valence-corrected chi connectivity index (χ0v) is 4.90. The fourth-order valence-corrected chi connectivity index (χ4v) is 1.74. The molecule has 0 unspecified atom stereocenters. The van der Waals surface area contributed by atoms with Crippen molar-refractivity contribution < 1.29 is 4.57 Å². The first-order chi connectivity index (χ1) is 3.21. The average Bonchev–Trinajstić information content (AvgIpc) is 1.84. The maximum atomic E-state index is 10.7. The second-order valence-electron chi connectivity index (χ2n) is 1.79. The number of rotatable bonds is 0. The first kappa shape index (κ1) is 5.07. The largest absolute Gasteiger partial charge is 0.306 e. The van der Waals surface area contributed by atoms with Gasteiger partial charge in [-0.15, -0.1) is 0 Å². The standard InChI is InChI=1S/C4H8NOP/c5-7(6)3-1-2-4-7/h1-2H,3-4H2,(H2,5,6). The Bertz CT molecular complexity index is 129. The summed E-state index contributed by atoms with van der Waals surface area (Å²) in [7, 11) is -2.15. The second kappa shape index (κ2) is 1.46. The van der Waals surface area contributed by atoms with E-state index in [0.717, 1.165) is 0 Å². The lowest BCUT2D eigenvalue weighted by Gasteiger charge is -1.97. The van der Waals surface area contributed by atoms with E-state index in [0.29, 0.717) is 12.3 Å². The molecule has 0 spiro atoms. The van der Waals surface area contributed by atoms with Crippen LogP contribution in [0, 0.1) is 0 Å². The Balaban J connectivity index is 2.67. The highest BCUT2D eigenvalue weighted by molar-refractivity contribution is 7.62. The summed E-state index contributed by atoms with van der Waals surface area (Å²) in [6.07, 6.45) is 4.96. The Morgan fingerprint density at radius 2 is 1.86 bits per heavy atom. The van der Waals surface area contributed by atoms with Crippen LogP contribution in [0.4, 0.5) is 0 Å². The number of hydrogen-bond acceptors (Lipinski definition) is 1. The van der Waals surface area contributed by atoms with Crippen LogP contribution in [-0.4, -0.2) is 12.3 Å². The van der Waals surface area contributed by atoms with Crippen LogP contribution in [0.25, 0.3) is 0 Å². The normalized spacial score (nSPS) is 25.9. The number of hydrogen-bond donors (Lipinski definition) is 1. The van der Waals surface area contributed by atoms with Gasteiger partial charge in [-0.1, -0.05) is 12.2 Å². The van der Waals surface area contributed by atoms with Crippen LogP contribution in [0.1, 0.15) is 0 Å². The van der Waals surface area contributed by atoms with E-state index in [2.05, 4.69) is 0 Å². The van der Waals surface area contributed by atoms with Crippen molar-refractivity contribution in [2.75, 3.05) is 12.3 Å². The molecule has 0 bridgehead atoms. The van der Waals surface area contributed by atoms with E-state index in [4.69, 9.17) is 5.50 Å². The second-order valence-corrected chi connectivity index (χ2v) is 4.42. The Morgan fingerprint density at radius 1 is 1.43 bits per heavy atom. The van der Waals surface area contributed by atoms with Crippen molar-refractivity contribution in [1.82, 2.24) is 0 Å². The molecule has 1 heterocycles. The third kappa shape index (κ3) is 1.15. The molecule has 0 aromatic carbocycles. The van der Waals surface area contributed by atoms with E-state index >= 15 is 0 Å². The first-order valence-corrected chi connectivity index (χ1v) is 4.37. The van der Waals surface area contributed by atoms with E-state index in [1.165, 1.54) is 0 Å². The minimum Gasteiger partial charge on any atom is -0.306 e. The van der Waals surface area contributed by atoms with Crippen molar-refractivity contribution in [3.05, 3.63) is 12.2 Å². The predicted octanol–water partition coefficient (Wildman–Crippen LogP) is 0.793. The van der Waals surface area contributed by atoms with Crippen LogP contribution >= 0.6 is 7.29 Å². The highest BCUT2D eigenvalue weighted by Crippen LogP contribution is 2.39. The Labute approximate surface area is 42.8 Å². The summed E-state index contributed by atoms with van der Waals surface area (Å²) in [5, 5.41) is 0. The average molecular weight is 117 g/mol. The fourth-order valence-electron chi connectivity index (χ4n) is 0.580. The molecular formula is C4H8NOP. The van der Waals surface area contributed by atoms with Gasteiger partial charge in [-0.2, -0.15) is 0 Å². The smallest absolute Gasteiger partial charge is 0.152 e. The summed E-state index contributed by atoms with van der Waals surface area (Å²) in [5.41, 5.74) is 5.27. The predicted molar refractivity (Wildman–Crippen MR) is 30.7 cm³/mol. The fraction of sp³-hybridized carbons (Fsp3) is 0.500. The van der Waals surface area contributed by atoms with Gasteiger partial charge in [0.1, 0.15) is 0 Å². The minimum atomic E-state index is -2.15. The van der Waals surface area contributed by atoms with Gasteiger partial charge < -0.3 is 4.57 Å². The summed E-state index contributed by atoms with van der Waals surface area (Å²) < 4.78 is 10.7. The zero-order valence-electron chi connectivity index (χ0n) is 4.00. The molecule has 1 aliphatic heterocycles. The molecular weight excluding hydrogens is 109 g/mol. The molecule has 0 saturated heterocycles. The van der Waals surface area contributed by atoms with Crippen molar-refractivity contribution in [3.8, 4) is 0 Å². The highest BCUT2D eigenvalue weighted by atomic mass is 31.2. The lowest BCUT2D eigenvalue weighted by molar-refractivity contribution is 0.580. The molecule has 0 fully saturated rings. The summed E-state index contributed by atoms with van der Waals surface area (Å²) in [4.78, 5) is 0. The lowest BCUT2D eigenvalue weighted by Crippen LogP contribution is -1.94. The molecule has 0 radical (unpaired) electrons. The monoisotopic (exact) mass is 117 g/mol. The van der Waals surface area contributed by atoms with Gasteiger partial charge in [0, 0.05) is 12.3 Å². The van der Waals surface area contributed by atoms with E-state index in [1.54, 1.807) is 0 Å². The van der Waals surface area contributed by atoms with Gasteiger partial charge in [0.05, 0.1) is 0 Å². The molecule has 0 aromatic heterocycles. The topological polar surface area (TPSA) is 43.1 Å². The molecule has 3 heteroatoms. The molecule has 40 valence electrons. The van der Waals surface area contributed by atoms with Crippen molar-refractivity contribution in [3.63, 3.8) is 0 Å². The Kier molecular flexibility index (Phi) is 1.06. The van der Waals surface area contributed by atoms with Crippen LogP contribution in [0.3, 0.4) is 0 Å². The van der Waals surface area contributed by atoms with E-state index in [1.807, 2.05) is 12.2 Å². The van der Waals surface area contributed by atoms with E-state index in [-0.39, 0.29) is 0 Å². The highest BCUT2D eigenvalue weighted by Gasteiger charge is 2.15. The van der Waals surface area contributed by atoms with Crippen molar-refractivity contribution >= 4 is 7.29 Å². The maximum Gasteiger partial charge on any atom is 0.152 e. The van der Waals surface area contributed by atoms with Gasteiger partial charge in [0.25, 0.3) is 0 Å². The molecule has 0 atom stereocenters. The third-order valence-corrected chi connectivity index (χ3v) is 2.65. The van der Waals surface area contributed by atoms with Crippen molar-refractivity contribution in [2.24, 2.45) is 5.50 Å². The van der Waals surface area contributed by atoms with Crippen LogP contribution in [0.2, 0.25) is 0 Å². The summed E-state index contributed by atoms with van der Waals surface area (Å²) in [6.45, 7) is 0. The van der Waals surface area contributed by atoms with Crippen LogP contribution < -0.4 is 5.50 Å². The van der Waals surface area contributed by atoms with Gasteiger partial charge in [-0.25, -0.2) is 0 Å². The summed E-state index contributed by atoms with van der Waals surface area (Å²) >= 11 is 0. The molecule has 0 aromatic rings. The molecule has 1 aliphatic rings. The van der Waals surface area contributed by atoms with Gasteiger partial charge >= 0.3 is 0 Å². The Hall–Kier alpha value is -0.0700. The minimum absolute atomic E-state index is 0.604. The molecule has 2 nitrogen and oxygen atoms in total. The number of allylic oxidation sites excluding steroid dienone is 2. The van der Waals surface area contributed by atoms with Crippen LogP contribution in [0.5, 0.6) is 0 Å². The van der Waals surface area contributed by atoms with E-state index < -0.39 is 7.29 Å². The van der Waals surface area contributed by atoms with Crippen LogP contribution in [-0.2, 0) is 4.57 Å². The molecule has 7 heavy (non-hydrogen) atoms. The quantitative estimate of drug-likeness (QED) is 0.376. The number of nitrogens with two attached hydrogens (primary N) is 1. The van der Waals surface area contributed by atoms with Crippen LogP contribution in [0.15, 0.2) is 12.2 Å². The summed E-state index contributed by atoms with van der Waals surface area (Å²) in [6, 6.07) is 0. The maximum absolute atomic E-state index is 10.7.